The van der Waals surface area contributed by atoms with Crippen molar-refractivity contribution in [2.75, 3.05) is 6.54 Å². The van der Waals surface area contributed by atoms with Crippen LogP contribution < -0.4 is 10.2 Å². The molecule has 1 aliphatic carbocycles. The summed E-state index contributed by atoms with van der Waals surface area (Å²) in [6.07, 6.45) is 5.49. The van der Waals surface area contributed by atoms with Crippen molar-refractivity contribution in [3.8, 4) is 0 Å². The van der Waals surface area contributed by atoms with Crippen LogP contribution in [0.25, 0.3) is 0 Å². The van der Waals surface area contributed by atoms with Crippen LogP contribution in [0.4, 0.5) is 0 Å². The first-order valence-corrected chi connectivity index (χ1v) is 6.99. The van der Waals surface area contributed by atoms with Gasteiger partial charge in [-0.15, -0.1) is 0 Å². The molecule has 2 unspecified atom stereocenters. The number of thiazole rings is 1. The average molecular weight is 240 g/mol. The van der Waals surface area contributed by atoms with Gasteiger partial charge in [0.2, 0.25) is 0 Å². The molecule has 90 valence electrons. The second kappa shape index (κ2) is 5.64. The number of aromatic nitrogens is 1. The van der Waals surface area contributed by atoms with E-state index in [1.54, 1.807) is 0 Å². The predicted octanol–water partition coefficient (Wildman–Crippen LogP) is 2.35. The third-order valence-corrected chi connectivity index (χ3v) is 4.08. The van der Waals surface area contributed by atoms with Crippen LogP contribution in [0.3, 0.4) is 0 Å². The van der Waals surface area contributed by atoms with Gasteiger partial charge in [-0.05, 0) is 31.2 Å². The van der Waals surface area contributed by atoms with Gasteiger partial charge < -0.3 is 10.3 Å². The van der Waals surface area contributed by atoms with E-state index in [9.17, 15) is 4.79 Å². The zero-order chi connectivity index (χ0) is 11.4. The first-order chi connectivity index (χ1) is 7.74. The first kappa shape index (κ1) is 11.9. The number of H-pyrrole nitrogens is 1. The van der Waals surface area contributed by atoms with Crippen LogP contribution in [0.5, 0.6) is 0 Å². The Morgan fingerprint density at radius 2 is 2.44 bits per heavy atom. The van der Waals surface area contributed by atoms with Crippen LogP contribution >= 0.6 is 11.3 Å². The van der Waals surface area contributed by atoms with Crippen LogP contribution in [0.15, 0.2) is 10.2 Å². The summed E-state index contributed by atoms with van der Waals surface area (Å²) in [6.45, 7) is 4.23. The minimum atomic E-state index is 0.0445. The summed E-state index contributed by atoms with van der Waals surface area (Å²) in [5.41, 5.74) is 1.01. The monoisotopic (exact) mass is 240 g/mol. The van der Waals surface area contributed by atoms with E-state index in [4.69, 9.17) is 0 Å². The van der Waals surface area contributed by atoms with E-state index in [2.05, 4.69) is 17.2 Å². The topological polar surface area (TPSA) is 44.9 Å². The van der Waals surface area contributed by atoms with E-state index in [1.165, 1.54) is 37.0 Å². The third kappa shape index (κ3) is 3.46. The Morgan fingerprint density at radius 3 is 3.12 bits per heavy atom. The largest absolute Gasteiger partial charge is 0.315 e. The molecule has 3 nitrogen and oxygen atoms in total. The van der Waals surface area contributed by atoms with Crippen LogP contribution in [-0.4, -0.2) is 11.5 Å². The van der Waals surface area contributed by atoms with Crippen molar-refractivity contribution >= 4 is 11.3 Å². The molecule has 2 N–H and O–H groups in total. The van der Waals surface area contributed by atoms with Gasteiger partial charge in [-0.3, -0.25) is 4.79 Å². The molecule has 1 saturated carbocycles. The Morgan fingerprint density at radius 1 is 1.56 bits per heavy atom. The predicted molar refractivity (Wildman–Crippen MR) is 67.8 cm³/mol. The lowest BCUT2D eigenvalue weighted by Crippen LogP contribution is -2.26. The van der Waals surface area contributed by atoms with Gasteiger partial charge in [-0.25, -0.2) is 0 Å². The summed E-state index contributed by atoms with van der Waals surface area (Å²) in [5.74, 6) is 1.72. The minimum absolute atomic E-state index is 0.0445. The van der Waals surface area contributed by atoms with Gasteiger partial charge in [0.25, 0.3) is 0 Å². The lowest BCUT2D eigenvalue weighted by Gasteiger charge is -2.26. The summed E-state index contributed by atoms with van der Waals surface area (Å²) >= 11 is 1.24. The van der Waals surface area contributed by atoms with Crippen molar-refractivity contribution in [2.24, 2.45) is 11.8 Å². The molecule has 0 spiro atoms. The van der Waals surface area contributed by atoms with Crippen LogP contribution in [0, 0.1) is 11.8 Å². The Balaban J connectivity index is 1.69. The molecule has 0 radical (unpaired) electrons. The van der Waals surface area contributed by atoms with Crippen molar-refractivity contribution in [2.45, 2.75) is 39.2 Å². The lowest BCUT2D eigenvalue weighted by molar-refractivity contribution is 0.274. The van der Waals surface area contributed by atoms with E-state index in [0.29, 0.717) is 0 Å². The Hall–Kier alpha value is -0.610. The van der Waals surface area contributed by atoms with Crippen LogP contribution in [0.2, 0.25) is 0 Å². The van der Waals surface area contributed by atoms with Crippen molar-refractivity contribution in [3.63, 3.8) is 0 Å². The summed E-state index contributed by atoms with van der Waals surface area (Å²) in [4.78, 5) is 13.8. The Bertz CT molecular complexity index is 371. The first-order valence-electron chi connectivity index (χ1n) is 6.11. The zero-order valence-electron chi connectivity index (χ0n) is 9.79. The van der Waals surface area contributed by atoms with Gasteiger partial charge in [0.05, 0.1) is 0 Å². The van der Waals surface area contributed by atoms with Crippen molar-refractivity contribution in [3.05, 3.63) is 20.7 Å². The second-order valence-electron chi connectivity index (χ2n) is 4.94. The number of hydrogen-bond donors (Lipinski definition) is 2. The standard InChI is InChI=1S/C12H20N2OS/c1-9-3-2-4-10(5-9)6-13-7-11-8-16-12(15)14-11/h8-10,13H,2-7H2,1H3,(H,14,15). The third-order valence-electron chi connectivity index (χ3n) is 3.36. The molecule has 1 aromatic rings. The average Bonchev–Trinajstić information content (AvgIpc) is 2.64. The molecule has 1 aromatic heterocycles. The van der Waals surface area contributed by atoms with Crippen molar-refractivity contribution in [1.82, 2.24) is 10.3 Å². The van der Waals surface area contributed by atoms with Gasteiger partial charge in [-0.1, -0.05) is 31.1 Å². The smallest absolute Gasteiger partial charge is 0.304 e. The maximum Gasteiger partial charge on any atom is 0.304 e. The molecular formula is C12H20N2OS. The maximum absolute atomic E-state index is 10.9. The number of nitrogens with one attached hydrogen (secondary N) is 2. The highest BCUT2D eigenvalue weighted by Gasteiger charge is 2.18. The molecule has 0 aromatic carbocycles. The minimum Gasteiger partial charge on any atom is -0.315 e. The fourth-order valence-corrected chi connectivity index (χ4v) is 3.14. The van der Waals surface area contributed by atoms with Gasteiger partial charge in [0.1, 0.15) is 0 Å². The quantitative estimate of drug-likeness (QED) is 0.848. The van der Waals surface area contributed by atoms with Gasteiger partial charge in [0, 0.05) is 17.6 Å². The molecule has 4 heteroatoms. The highest BCUT2D eigenvalue weighted by Crippen LogP contribution is 2.27. The zero-order valence-corrected chi connectivity index (χ0v) is 10.6. The van der Waals surface area contributed by atoms with Gasteiger partial charge >= 0.3 is 4.87 Å². The van der Waals surface area contributed by atoms with Crippen LogP contribution in [0.1, 0.15) is 38.3 Å². The Kier molecular flexibility index (Phi) is 4.18. The second-order valence-corrected chi connectivity index (χ2v) is 5.78. The fourth-order valence-electron chi connectivity index (χ4n) is 2.56. The number of hydrogen-bond acceptors (Lipinski definition) is 3. The highest BCUT2D eigenvalue weighted by atomic mass is 32.1. The van der Waals surface area contributed by atoms with Crippen molar-refractivity contribution < 1.29 is 0 Å². The molecule has 2 rings (SSSR count). The molecular weight excluding hydrogens is 220 g/mol. The summed E-state index contributed by atoms with van der Waals surface area (Å²) in [5, 5.41) is 5.34. The van der Waals surface area contributed by atoms with E-state index in [-0.39, 0.29) is 4.87 Å². The molecule has 1 aliphatic rings. The summed E-state index contributed by atoms with van der Waals surface area (Å²) in [6, 6.07) is 0. The van der Waals surface area contributed by atoms with E-state index < -0.39 is 0 Å². The highest BCUT2D eigenvalue weighted by molar-refractivity contribution is 7.07. The Labute approximate surface area is 100 Å². The summed E-state index contributed by atoms with van der Waals surface area (Å²) in [7, 11) is 0. The molecule has 16 heavy (non-hydrogen) atoms. The fraction of sp³-hybridized carbons (Fsp3) is 0.750. The van der Waals surface area contributed by atoms with Gasteiger partial charge in [0.15, 0.2) is 0 Å². The van der Waals surface area contributed by atoms with E-state index in [0.717, 1.165) is 30.6 Å². The molecule has 0 aliphatic heterocycles. The number of rotatable bonds is 4. The molecule has 0 saturated heterocycles. The molecule has 0 amide bonds. The number of aromatic amines is 1. The lowest BCUT2D eigenvalue weighted by atomic mass is 9.82. The SMILES string of the molecule is CC1CCCC(CNCc2csc(=O)[nH]2)C1. The van der Waals surface area contributed by atoms with Gasteiger partial charge in [-0.2, -0.15) is 0 Å². The van der Waals surface area contributed by atoms with Crippen molar-refractivity contribution in [1.29, 1.82) is 0 Å². The molecule has 1 fully saturated rings. The molecule has 1 heterocycles. The van der Waals surface area contributed by atoms with E-state index >= 15 is 0 Å². The summed E-state index contributed by atoms with van der Waals surface area (Å²) < 4.78 is 0. The molecule has 2 atom stereocenters. The maximum atomic E-state index is 10.9. The normalized spacial score (nSPS) is 25.8. The van der Waals surface area contributed by atoms with E-state index in [1.807, 2.05) is 5.38 Å². The molecule has 0 bridgehead atoms. The van der Waals surface area contributed by atoms with Crippen LogP contribution in [-0.2, 0) is 6.54 Å².